The van der Waals surface area contributed by atoms with E-state index in [-0.39, 0.29) is 12.4 Å². The van der Waals surface area contributed by atoms with Crippen molar-refractivity contribution in [2.45, 2.75) is 6.61 Å². The maximum atomic E-state index is 13.2. The van der Waals surface area contributed by atoms with Crippen LogP contribution < -0.4 is 4.74 Å². The summed E-state index contributed by atoms with van der Waals surface area (Å²) in [5, 5.41) is 0. The molecule has 1 aromatic carbocycles. The fourth-order valence-electron chi connectivity index (χ4n) is 1.52. The SMILES string of the molecule is COC(=O)c1ccc(COc2cc(F)cc(Br)c2)nc1. The van der Waals surface area contributed by atoms with Gasteiger partial charge in [0.25, 0.3) is 0 Å². The number of hydrogen-bond acceptors (Lipinski definition) is 4. The van der Waals surface area contributed by atoms with E-state index in [4.69, 9.17) is 4.74 Å². The lowest BCUT2D eigenvalue weighted by atomic mass is 10.2. The quantitative estimate of drug-likeness (QED) is 0.801. The zero-order valence-electron chi connectivity index (χ0n) is 10.6. The highest BCUT2D eigenvalue weighted by Crippen LogP contribution is 2.21. The average Bonchev–Trinajstić information content (AvgIpc) is 2.44. The first kappa shape index (κ1) is 14.5. The van der Waals surface area contributed by atoms with Gasteiger partial charge in [0.1, 0.15) is 18.2 Å². The van der Waals surface area contributed by atoms with Gasteiger partial charge in [-0.05, 0) is 24.3 Å². The predicted octanol–water partition coefficient (Wildman–Crippen LogP) is 3.35. The number of hydrogen-bond donors (Lipinski definition) is 0. The molecular weight excluding hydrogens is 329 g/mol. The lowest BCUT2D eigenvalue weighted by molar-refractivity contribution is 0.0600. The van der Waals surface area contributed by atoms with E-state index in [0.717, 1.165) is 0 Å². The predicted molar refractivity (Wildman–Crippen MR) is 74.0 cm³/mol. The Bertz CT molecular complexity index is 596. The normalized spacial score (nSPS) is 10.2. The van der Waals surface area contributed by atoms with Gasteiger partial charge in [0.05, 0.1) is 18.4 Å². The number of carbonyl (C=O) groups excluding carboxylic acids is 1. The minimum atomic E-state index is -0.445. The van der Waals surface area contributed by atoms with E-state index in [9.17, 15) is 9.18 Å². The van der Waals surface area contributed by atoms with Crippen LogP contribution in [0.1, 0.15) is 16.1 Å². The summed E-state index contributed by atoms with van der Waals surface area (Å²) in [6.07, 6.45) is 1.41. The second-order valence-corrected chi connectivity index (χ2v) is 4.84. The van der Waals surface area contributed by atoms with Gasteiger partial charge in [0.15, 0.2) is 0 Å². The Morgan fingerprint density at radius 2 is 2.15 bits per heavy atom. The van der Waals surface area contributed by atoms with E-state index in [1.54, 1.807) is 18.2 Å². The third-order valence-corrected chi connectivity index (χ3v) is 2.93. The van der Waals surface area contributed by atoms with Gasteiger partial charge in [0, 0.05) is 16.7 Å². The highest BCUT2D eigenvalue weighted by molar-refractivity contribution is 9.10. The summed E-state index contributed by atoms with van der Waals surface area (Å²) in [6, 6.07) is 7.54. The minimum Gasteiger partial charge on any atom is -0.487 e. The third kappa shape index (κ3) is 3.77. The van der Waals surface area contributed by atoms with Crippen molar-refractivity contribution in [2.24, 2.45) is 0 Å². The van der Waals surface area contributed by atoms with Crippen molar-refractivity contribution in [3.63, 3.8) is 0 Å². The monoisotopic (exact) mass is 339 g/mol. The Kier molecular flexibility index (Phi) is 4.68. The zero-order chi connectivity index (χ0) is 14.5. The number of carbonyl (C=O) groups is 1. The number of halogens is 2. The summed E-state index contributed by atoms with van der Waals surface area (Å²) in [6.45, 7) is 0.178. The van der Waals surface area contributed by atoms with E-state index < -0.39 is 5.97 Å². The second kappa shape index (κ2) is 6.47. The van der Waals surface area contributed by atoms with Crippen LogP contribution in [0.2, 0.25) is 0 Å². The van der Waals surface area contributed by atoms with Gasteiger partial charge in [-0.15, -0.1) is 0 Å². The Balaban J connectivity index is 2.02. The van der Waals surface area contributed by atoms with Gasteiger partial charge in [-0.2, -0.15) is 0 Å². The molecule has 0 saturated heterocycles. The highest BCUT2D eigenvalue weighted by atomic mass is 79.9. The molecule has 0 radical (unpaired) electrons. The van der Waals surface area contributed by atoms with Crippen LogP contribution >= 0.6 is 15.9 Å². The topological polar surface area (TPSA) is 48.4 Å². The molecule has 2 aromatic rings. The molecule has 0 spiro atoms. The van der Waals surface area contributed by atoms with Crippen LogP contribution in [0, 0.1) is 5.82 Å². The molecule has 0 aliphatic heterocycles. The molecule has 1 heterocycles. The summed E-state index contributed by atoms with van der Waals surface area (Å²) in [7, 11) is 1.31. The van der Waals surface area contributed by atoms with Gasteiger partial charge in [-0.25, -0.2) is 9.18 Å². The summed E-state index contributed by atoms with van der Waals surface area (Å²) in [4.78, 5) is 15.3. The first-order valence-corrected chi connectivity index (χ1v) is 6.50. The number of pyridine rings is 1. The summed E-state index contributed by atoms with van der Waals surface area (Å²) >= 11 is 3.19. The van der Waals surface area contributed by atoms with Crippen molar-refractivity contribution >= 4 is 21.9 Å². The second-order valence-electron chi connectivity index (χ2n) is 3.92. The van der Waals surface area contributed by atoms with E-state index in [0.29, 0.717) is 21.5 Å². The Morgan fingerprint density at radius 3 is 2.75 bits per heavy atom. The molecule has 6 heteroatoms. The fraction of sp³-hybridized carbons (Fsp3) is 0.143. The number of methoxy groups -OCH3 is 1. The number of nitrogens with zero attached hydrogens (tertiary/aromatic N) is 1. The van der Waals surface area contributed by atoms with Gasteiger partial charge >= 0.3 is 5.97 Å². The molecule has 4 nitrogen and oxygen atoms in total. The molecular formula is C14H11BrFNO3. The van der Waals surface area contributed by atoms with Gasteiger partial charge in [0.2, 0.25) is 0 Å². The average molecular weight is 340 g/mol. The van der Waals surface area contributed by atoms with Crippen molar-refractivity contribution in [1.29, 1.82) is 0 Å². The van der Waals surface area contributed by atoms with Crippen LogP contribution in [-0.2, 0) is 11.3 Å². The molecule has 0 N–H and O–H groups in total. The lowest BCUT2D eigenvalue weighted by Crippen LogP contribution is -2.04. The number of rotatable bonds is 4. The molecule has 0 fully saturated rings. The van der Waals surface area contributed by atoms with Crippen LogP contribution in [0.4, 0.5) is 4.39 Å². The smallest absolute Gasteiger partial charge is 0.339 e. The Morgan fingerprint density at radius 1 is 1.35 bits per heavy atom. The highest BCUT2D eigenvalue weighted by Gasteiger charge is 2.06. The molecule has 0 atom stereocenters. The molecule has 104 valence electrons. The summed E-state index contributed by atoms with van der Waals surface area (Å²) in [5.41, 5.74) is 0.989. The van der Waals surface area contributed by atoms with Crippen LogP contribution in [0.5, 0.6) is 5.75 Å². The van der Waals surface area contributed by atoms with Crippen molar-refractivity contribution < 1.29 is 18.7 Å². The molecule has 0 unspecified atom stereocenters. The summed E-state index contributed by atoms with van der Waals surface area (Å²) in [5.74, 6) is -0.432. The Labute approximate surface area is 123 Å². The maximum absolute atomic E-state index is 13.2. The summed E-state index contributed by atoms with van der Waals surface area (Å²) < 4.78 is 23.8. The van der Waals surface area contributed by atoms with Crippen molar-refractivity contribution in [3.05, 3.63) is 58.1 Å². The van der Waals surface area contributed by atoms with Crippen molar-refractivity contribution in [3.8, 4) is 5.75 Å². The maximum Gasteiger partial charge on any atom is 0.339 e. The number of esters is 1. The molecule has 0 aliphatic carbocycles. The molecule has 0 bridgehead atoms. The zero-order valence-corrected chi connectivity index (χ0v) is 12.2. The molecule has 0 saturated carbocycles. The first-order chi connectivity index (χ1) is 9.58. The number of aromatic nitrogens is 1. The van der Waals surface area contributed by atoms with Crippen LogP contribution in [0.3, 0.4) is 0 Å². The van der Waals surface area contributed by atoms with Crippen LogP contribution in [-0.4, -0.2) is 18.1 Å². The van der Waals surface area contributed by atoms with Gasteiger partial charge in [-0.1, -0.05) is 15.9 Å². The molecule has 0 aliphatic rings. The van der Waals surface area contributed by atoms with Crippen LogP contribution in [0.15, 0.2) is 41.0 Å². The molecule has 0 amide bonds. The van der Waals surface area contributed by atoms with Crippen molar-refractivity contribution in [2.75, 3.05) is 7.11 Å². The standard InChI is InChI=1S/C14H11BrFNO3/c1-19-14(18)9-2-3-12(17-7-9)8-20-13-5-10(15)4-11(16)6-13/h2-7H,8H2,1H3. The van der Waals surface area contributed by atoms with E-state index in [2.05, 4.69) is 25.7 Å². The first-order valence-electron chi connectivity index (χ1n) is 5.70. The number of benzene rings is 1. The van der Waals surface area contributed by atoms with Crippen molar-refractivity contribution in [1.82, 2.24) is 4.98 Å². The third-order valence-electron chi connectivity index (χ3n) is 2.47. The van der Waals surface area contributed by atoms with Crippen LogP contribution in [0.25, 0.3) is 0 Å². The molecule has 2 rings (SSSR count). The molecule has 1 aromatic heterocycles. The fourth-order valence-corrected chi connectivity index (χ4v) is 1.96. The Hall–Kier alpha value is -1.95. The van der Waals surface area contributed by atoms with Gasteiger partial charge < -0.3 is 9.47 Å². The minimum absolute atomic E-state index is 0.178. The molecule has 20 heavy (non-hydrogen) atoms. The lowest BCUT2D eigenvalue weighted by Gasteiger charge is -2.07. The largest absolute Gasteiger partial charge is 0.487 e. The van der Waals surface area contributed by atoms with E-state index in [1.807, 2.05) is 0 Å². The van der Waals surface area contributed by atoms with Gasteiger partial charge in [-0.3, -0.25) is 4.98 Å². The van der Waals surface area contributed by atoms with E-state index >= 15 is 0 Å². The number of ether oxygens (including phenoxy) is 2. The van der Waals surface area contributed by atoms with E-state index in [1.165, 1.54) is 25.4 Å².